The van der Waals surface area contributed by atoms with Gasteiger partial charge in [-0.15, -0.1) is 0 Å². The Hall–Kier alpha value is -1.26. The number of carbonyl (C=O) groups excluding carboxylic acids is 2. The molecule has 2 aliphatic rings. The molecule has 1 amide bonds. The number of rotatable bonds is 3. The molecule has 0 bridgehead atoms. The molecule has 2 rings (SSSR count). The van der Waals surface area contributed by atoms with E-state index in [2.05, 4.69) is 0 Å². The fourth-order valence-corrected chi connectivity index (χ4v) is 3.02. The quantitative estimate of drug-likeness (QED) is 0.571. The Morgan fingerprint density at radius 3 is 2.44 bits per heavy atom. The van der Waals surface area contributed by atoms with Crippen LogP contribution in [0.15, 0.2) is 0 Å². The van der Waals surface area contributed by atoms with Gasteiger partial charge in [0.15, 0.2) is 6.04 Å². The van der Waals surface area contributed by atoms with E-state index >= 15 is 0 Å². The second kappa shape index (κ2) is 5.59. The van der Waals surface area contributed by atoms with Crippen LogP contribution in [0.3, 0.4) is 0 Å². The van der Waals surface area contributed by atoms with Crippen LogP contribution in [0.25, 0.3) is 0 Å². The Kier molecular flexibility index (Phi) is 4.09. The first kappa shape index (κ1) is 13.2. The summed E-state index contributed by atoms with van der Waals surface area (Å²) in [5.74, 6) is 0.103. The van der Waals surface area contributed by atoms with Crippen molar-refractivity contribution in [3.05, 3.63) is 0 Å². The van der Waals surface area contributed by atoms with Gasteiger partial charge in [-0.2, -0.15) is 0 Å². The zero-order valence-electron chi connectivity index (χ0n) is 11.1. The minimum absolute atomic E-state index is 0.00296. The van der Waals surface area contributed by atoms with Crippen LogP contribution in [-0.4, -0.2) is 42.8 Å². The highest BCUT2D eigenvalue weighted by Gasteiger charge is 2.60. The van der Waals surface area contributed by atoms with Crippen LogP contribution in [0.4, 0.5) is 4.79 Å². The summed E-state index contributed by atoms with van der Waals surface area (Å²) in [6, 6.07) is -0.422. The maximum Gasteiger partial charge on any atom is 0.410 e. The van der Waals surface area contributed by atoms with E-state index in [0.717, 1.165) is 12.8 Å². The van der Waals surface area contributed by atoms with Crippen molar-refractivity contribution in [3.63, 3.8) is 0 Å². The molecular weight excluding hydrogens is 234 g/mol. The SMILES string of the molecule is CCOC(=O)N1C(C(=O)OC)C1C1CCCCC1. The topological polar surface area (TPSA) is 55.6 Å². The van der Waals surface area contributed by atoms with E-state index in [-0.39, 0.29) is 18.1 Å². The standard InChI is InChI=1S/C13H21NO4/c1-3-18-13(16)14-10(11(14)12(15)17-2)9-7-5-4-6-8-9/h9-11H,3-8H2,1-2H3. The Bertz CT molecular complexity index is 325. The van der Waals surface area contributed by atoms with Gasteiger partial charge in [-0.05, 0) is 25.7 Å². The summed E-state index contributed by atoms with van der Waals surface area (Å²) in [6.07, 6.45) is 5.42. The molecule has 1 aliphatic carbocycles. The Balaban J connectivity index is 2.02. The fraction of sp³-hybridized carbons (Fsp3) is 0.846. The number of amides is 1. The van der Waals surface area contributed by atoms with Crippen LogP contribution in [0.2, 0.25) is 0 Å². The normalized spacial score (nSPS) is 27.8. The average molecular weight is 255 g/mol. The minimum atomic E-state index is -0.419. The summed E-state index contributed by atoms with van der Waals surface area (Å²) in [7, 11) is 1.36. The van der Waals surface area contributed by atoms with Crippen LogP contribution in [0, 0.1) is 5.92 Å². The summed E-state index contributed by atoms with van der Waals surface area (Å²) >= 11 is 0. The summed E-state index contributed by atoms with van der Waals surface area (Å²) in [4.78, 5) is 25.0. The predicted octanol–water partition coefficient (Wildman–Crippen LogP) is 1.95. The van der Waals surface area contributed by atoms with Crippen LogP contribution >= 0.6 is 0 Å². The Morgan fingerprint density at radius 2 is 1.89 bits per heavy atom. The van der Waals surface area contributed by atoms with Crippen LogP contribution < -0.4 is 0 Å². The van der Waals surface area contributed by atoms with Gasteiger partial charge in [-0.3, -0.25) is 4.90 Å². The molecule has 102 valence electrons. The van der Waals surface area contributed by atoms with E-state index in [0.29, 0.717) is 12.5 Å². The summed E-state index contributed by atoms with van der Waals surface area (Å²) in [5.41, 5.74) is 0. The van der Waals surface area contributed by atoms with Crippen molar-refractivity contribution in [1.29, 1.82) is 0 Å². The lowest BCUT2D eigenvalue weighted by molar-refractivity contribution is -0.140. The highest BCUT2D eigenvalue weighted by molar-refractivity contribution is 5.88. The first-order valence-corrected chi connectivity index (χ1v) is 6.73. The first-order valence-electron chi connectivity index (χ1n) is 6.73. The zero-order valence-corrected chi connectivity index (χ0v) is 11.1. The van der Waals surface area contributed by atoms with Crippen LogP contribution in [0.5, 0.6) is 0 Å². The van der Waals surface area contributed by atoms with Gasteiger partial charge in [0.1, 0.15) is 0 Å². The third kappa shape index (κ3) is 2.44. The highest BCUT2D eigenvalue weighted by atomic mass is 16.6. The molecule has 1 aliphatic heterocycles. The smallest absolute Gasteiger partial charge is 0.410 e. The lowest BCUT2D eigenvalue weighted by Gasteiger charge is -2.20. The summed E-state index contributed by atoms with van der Waals surface area (Å²) in [6.45, 7) is 2.10. The molecule has 0 aromatic carbocycles. The van der Waals surface area contributed by atoms with Crippen molar-refractivity contribution < 1.29 is 19.1 Å². The third-order valence-electron chi connectivity index (χ3n) is 3.91. The Labute approximate surface area is 107 Å². The number of hydrogen-bond acceptors (Lipinski definition) is 4. The largest absolute Gasteiger partial charge is 0.467 e. The molecule has 2 fully saturated rings. The highest BCUT2D eigenvalue weighted by Crippen LogP contribution is 2.42. The lowest BCUT2D eigenvalue weighted by atomic mass is 9.86. The second-order valence-electron chi connectivity index (χ2n) is 4.96. The molecule has 2 atom stereocenters. The molecule has 1 saturated carbocycles. The molecule has 5 heteroatoms. The van der Waals surface area contributed by atoms with Crippen molar-refractivity contribution in [1.82, 2.24) is 4.90 Å². The van der Waals surface area contributed by atoms with E-state index in [1.54, 1.807) is 11.8 Å². The van der Waals surface area contributed by atoms with Crippen molar-refractivity contribution in [3.8, 4) is 0 Å². The van der Waals surface area contributed by atoms with Crippen LogP contribution in [-0.2, 0) is 14.3 Å². The molecule has 1 heterocycles. The van der Waals surface area contributed by atoms with Gasteiger partial charge in [-0.25, -0.2) is 9.59 Å². The van der Waals surface area contributed by atoms with E-state index in [1.807, 2.05) is 0 Å². The summed E-state index contributed by atoms with van der Waals surface area (Å²) in [5, 5.41) is 0. The number of methoxy groups -OCH3 is 1. The van der Waals surface area contributed by atoms with Gasteiger partial charge in [0.05, 0.1) is 19.8 Å². The Morgan fingerprint density at radius 1 is 1.22 bits per heavy atom. The average Bonchev–Trinajstić information content (AvgIpc) is 3.14. The molecule has 5 nitrogen and oxygen atoms in total. The second-order valence-corrected chi connectivity index (χ2v) is 4.96. The number of carbonyl (C=O) groups is 2. The van der Waals surface area contributed by atoms with Gasteiger partial charge >= 0.3 is 12.1 Å². The lowest BCUT2D eigenvalue weighted by Crippen LogP contribution is -2.21. The minimum Gasteiger partial charge on any atom is -0.467 e. The number of ether oxygens (including phenoxy) is 2. The van der Waals surface area contributed by atoms with Gasteiger partial charge < -0.3 is 9.47 Å². The first-order chi connectivity index (χ1) is 8.70. The molecular formula is C13H21NO4. The molecule has 18 heavy (non-hydrogen) atoms. The van der Waals surface area contributed by atoms with Crippen molar-refractivity contribution >= 4 is 12.1 Å². The maximum absolute atomic E-state index is 11.8. The van der Waals surface area contributed by atoms with E-state index in [1.165, 1.54) is 26.4 Å². The molecule has 0 aromatic heterocycles. The molecule has 1 saturated heterocycles. The molecule has 0 N–H and O–H groups in total. The molecule has 0 aromatic rings. The van der Waals surface area contributed by atoms with E-state index in [4.69, 9.17) is 9.47 Å². The molecule has 2 unspecified atom stereocenters. The van der Waals surface area contributed by atoms with Gasteiger partial charge in [0.25, 0.3) is 0 Å². The third-order valence-corrected chi connectivity index (χ3v) is 3.91. The van der Waals surface area contributed by atoms with Crippen LogP contribution in [0.1, 0.15) is 39.0 Å². The fourth-order valence-electron chi connectivity index (χ4n) is 3.02. The maximum atomic E-state index is 11.8. The van der Waals surface area contributed by atoms with Gasteiger partial charge in [-0.1, -0.05) is 19.3 Å². The van der Waals surface area contributed by atoms with Gasteiger partial charge in [0.2, 0.25) is 0 Å². The van der Waals surface area contributed by atoms with E-state index < -0.39 is 6.04 Å². The van der Waals surface area contributed by atoms with Crippen molar-refractivity contribution in [2.75, 3.05) is 13.7 Å². The number of esters is 1. The monoisotopic (exact) mass is 255 g/mol. The van der Waals surface area contributed by atoms with Gasteiger partial charge in [0, 0.05) is 0 Å². The summed E-state index contributed by atoms with van der Waals surface area (Å²) < 4.78 is 9.76. The zero-order chi connectivity index (χ0) is 13.1. The molecule has 0 radical (unpaired) electrons. The number of nitrogens with zero attached hydrogens (tertiary/aromatic N) is 1. The number of hydrogen-bond donors (Lipinski definition) is 0. The molecule has 0 spiro atoms. The van der Waals surface area contributed by atoms with E-state index in [9.17, 15) is 9.59 Å². The predicted molar refractivity (Wildman–Crippen MR) is 65.0 cm³/mol. The van der Waals surface area contributed by atoms with Crippen molar-refractivity contribution in [2.45, 2.75) is 51.1 Å². The van der Waals surface area contributed by atoms with Crippen molar-refractivity contribution in [2.24, 2.45) is 5.92 Å².